The van der Waals surface area contributed by atoms with Crippen molar-refractivity contribution in [3.8, 4) is 5.75 Å². The molecule has 6 heteroatoms. The number of aliphatic imine (C=N–C) groups is 1. The van der Waals surface area contributed by atoms with Gasteiger partial charge in [0.1, 0.15) is 5.75 Å². The number of nitrogens with zero attached hydrogens (tertiary/aromatic N) is 3. The van der Waals surface area contributed by atoms with Crippen LogP contribution in [-0.4, -0.2) is 82.3 Å². The smallest absolute Gasteiger partial charge is 0.190 e. The van der Waals surface area contributed by atoms with Gasteiger partial charge in [0.15, 0.2) is 5.96 Å². The number of benzene rings is 2. The summed E-state index contributed by atoms with van der Waals surface area (Å²) in [4.78, 5) is 9.32. The highest BCUT2D eigenvalue weighted by Gasteiger charge is 2.11. The van der Waals surface area contributed by atoms with Crippen LogP contribution in [0.2, 0.25) is 0 Å². The lowest BCUT2D eigenvalue weighted by Gasteiger charge is -2.20. The summed E-state index contributed by atoms with van der Waals surface area (Å²) in [6.07, 6.45) is 3.33. The van der Waals surface area contributed by atoms with E-state index in [2.05, 4.69) is 68.9 Å². The molecule has 0 atom stereocenters. The van der Waals surface area contributed by atoms with Crippen molar-refractivity contribution >= 4 is 16.7 Å². The second kappa shape index (κ2) is 12.4. The van der Waals surface area contributed by atoms with Crippen molar-refractivity contribution in [1.29, 1.82) is 0 Å². The quantitative estimate of drug-likeness (QED) is 0.378. The van der Waals surface area contributed by atoms with Crippen LogP contribution >= 0.6 is 0 Å². The van der Waals surface area contributed by atoms with E-state index in [0.717, 1.165) is 44.2 Å². The molecule has 30 heavy (non-hydrogen) atoms. The standard InChI is InChI=1S/C24H37N5O/c1-25-24(26-12-5-15-29-16-7-14-28(2)17-18-29)27-13-6-19-30-23-11-10-21-8-3-4-9-22(21)20-23/h3-4,8-11,20H,5-7,12-19H2,1-2H3,(H2,25,26,27). The lowest BCUT2D eigenvalue weighted by atomic mass is 10.1. The van der Waals surface area contributed by atoms with Crippen LogP contribution in [0.1, 0.15) is 19.3 Å². The average Bonchev–Trinajstić information content (AvgIpc) is 2.98. The average molecular weight is 412 g/mol. The molecule has 0 aromatic heterocycles. The molecule has 1 saturated heterocycles. The third-order valence-corrected chi connectivity index (χ3v) is 5.58. The van der Waals surface area contributed by atoms with Crippen LogP contribution in [0.25, 0.3) is 10.8 Å². The Morgan fingerprint density at radius 3 is 2.60 bits per heavy atom. The maximum Gasteiger partial charge on any atom is 0.190 e. The summed E-state index contributed by atoms with van der Waals surface area (Å²) in [5, 5.41) is 9.25. The predicted octanol–water partition coefficient (Wildman–Crippen LogP) is 2.80. The minimum Gasteiger partial charge on any atom is -0.494 e. The number of likely N-dealkylation sites (N-methyl/N-ethyl adjacent to an activating group) is 1. The minimum atomic E-state index is 0.686. The molecule has 1 aliphatic rings. The van der Waals surface area contributed by atoms with Gasteiger partial charge in [-0.2, -0.15) is 0 Å². The Morgan fingerprint density at radius 1 is 0.967 bits per heavy atom. The molecule has 0 amide bonds. The third kappa shape index (κ3) is 7.50. The van der Waals surface area contributed by atoms with Gasteiger partial charge in [0.05, 0.1) is 6.61 Å². The summed E-state index contributed by atoms with van der Waals surface area (Å²) < 4.78 is 5.90. The van der Waals surface area contributed by atoms with E-state index in [1.54, 1.807) is 0 Å². The maximum atomic E-state index is 5.90. The molecule has 0 bridgehead atoms. The van der Waals surface area contributed by atoms with E-state index in [-0.39, 0.29) is 0 Å². The lowest BCUT2D eigenvalue weighted by molar-refractivity contribution is 0.274. The van der Waals surface area contributed by atoms with Crippen LogP contribution in [0.15, 0.2) is 47.5 Å². The monoisotopic (exact) mass is 411 g/mol. The zero-order chi connectivity index (χ0) is 21.0. The van der Waals surface area contributed by atoms with Crippen molar-refractivity contribution in [2.24, 2.45) is 4.99 Å². The summed E-state index contributed by atoms with van der Waals surface area (Å²) in [5.74, 6) is 1.80. The summed E-state index contributed by atoms with van der Waals surface area (Å²) in [7, 11) is 4.04. The van der Waals surface area contributed by atoms with Crippen LogP contribution < -0.4 is 15.4 Å². The molecule has 6 nitrogen and oxygen atoms in total. The van der Waals surface area contributed by atoms with Gasteiger partial charge in [0, 0.05) is 33.2 Å². The van der Waals surface area contributed by atoms with Gasteiger partial charge in [-0.3, -0.25) is 4.99 Å². The minimum absolute atomic E-state index is 0.686. The number of rotatable bonds is 9. The van der Waals surface area contributed by atoms with Crippen LogP contribution in [0.5, 0.6) is 5.75 Å². The first-order chi connectivity index (χ1) is 14.7. The first-order valence-corrected chi connectivity index (χ1v) is 11.2. The van der Waals surface area contributed by atoms with Gasteiger partial charge < -0.3 is 25.2 Å². The third-order valence-electron chi connectivity index (χ3n) is 5.58. The lowest BCUT2D eigenvalue weighted by Crippen LogP contribution is -2.39. The number of ether oxygens (including phenoxy) is 1. The second-order valence-electron chi connectivity index (χ2n) is 7.99. The van der Waals surface area contributed by atoms with Crippen molar-refractivity contribution in [2.75, 3.05) is 66.5 Å². The molecule has 2 N–H and O–H groups in total. The molecule has 1 aliphatic heterocycles. The Hall–Kier alpha value is -2.31. The molecule has 1 fully saturated rings. The van der Waals surface area contributed by atoms with Gasteiger partial charge in [-0.15, -0.1) is 0 Å². The Balaban J connectivity index is 1.26. The van der Waals surface area contributed by atoms with Crippen LogP contribution in [0.4, 0.5) is 0 Å². The molecule has 1 heterocycles. The van der Waals surface area contributed by atoms with Gasteiger partial charge in [0.2, 0.25) is 0 Å². The van der Waals surface area contributed by atoms with E-state index >= 15 is 0 Å². The van der Waals surface area contributed by atoms with Crippen LogP contribution in [-0.2, 0) is 0 Å². The molecule has 2 aromatic carbocycles. The van der Waals surface area contributed by atoms with Crippen molar-refractivity contribution in [3.63, 3.8) is 0 Å². The van der Waals surface area contributed by atoms with Crippen molar-refractivity contribution < 1.29 is 4.74 Å². The van der Waals surface area contributed by atoms with Crippen LogP contribution in [0, 0.1) is 0 Å². The molecule has 0 aliphatic carbocycles. The number of hydrogen-bond donors (Lipinski definition) is 2. The van der Waals surface area contributed by atoms with Crippen molar-refractivity contribution in [1.82, 2.24) is 20.4 Å². The number of nitrogens with one attached hydrogen (secondary N) is 2. The normalized spacial score (nSPS) is 16.4. The predicted molar refractivity (Wildman–Crippen MR) is 127 cm³/mol. The fourth-order valence-electron chi connectivity index (χ4n) is 3.78. The second-order valence-corrected chi connectivity index (χ2v) is 7.99. The number of hydrogen-bond acceptors (Lipinski definition) is 4. The SMILES string of the molecule is CN=C(NCCCOc1ccc2ccccc2c1)NCCCN1CCCN(C)CC1. The highest BCUT2D eigenvalue weighted by atomic mass is 16.5. The first-order valence-electron chi connectivity index (χ1n) is 11.2. The Morgan fingerprint density at radius 2 is 1.77 bits per heavy atom. The van der Waals surface area contributed by atoms with Gasteiger partial charge in [-0.05, 0) is 68.8 Å². The highest BCUT2D eigenvalue weighted by Crippen LogP contribution is 2.20. The van der Waals surface area contributed by atoms with E-state index < -0.39 is 0 Å². The Kier molecular flexibility index (Phi) is 9.25. The van der Waals surface area contributed by atoms with E-state index in [1.807, 2.05) is 13.1 Å². The highest BCUT2D eigenvalue weighted by molar-refractivity contribution is 5.83. The number of fused-ring (bicyclic) bond motifs is 1. The largest absolute Gasteiger partial charge is 0.494 e. The summed E-state index contributed by atoms with van der Waals surface area (Å²) in [5.41, 5.74) is 0. The van der Waals surface area contributed by atoms with E-state index in [0.29, 0.717) is 6.61 Å². The molecule has 0 unspecified atom stereocenters. The Labute approximate surface area is 181 Å². The molecule has 2 aromatic rings. The van der Waals surface area contributed by atoms with Gasteiger partial charge in [-0.1, -0.05) is 30.3 Å². The fraction of sp³-hybridized carbons (Fsp3) is 0.542. The van der Waals surface area contributed by atoms with Crippen molar-refractivity contribution in [2.45, 2.75) is 19.3 Å². The molecule has 3 rings (SSSR count). The van der Waals surface area contributed by atoms with Crippen molar-refractivity contribution in [3.05, 3.63) is 42.5 Å². The van der Waals surface area contributed by atoms with Gasteiger partial charge >= 0.3 is 0 Å². The summed E-state index contributed by atoms with van der Waals surface area (Å²) >= 11 is 0. The first kappa shape index (κ1) is 22.4. The fourth-order valence-corrected chi connectivity index (χ4v) is 3.78. The molecule has 0 spiro atoms. The van der Waals surface area contributed by atoms with E-state index in [9.17, 15) is 0 Å². The van der Waals surface area contributed by atoms with E-state index in [4.69, 9.17) is 4.74 Å². The molecule has 0 saturated carbocycles. The van der Waals surface area contributed by atoms with E-state index in [1.165, 1.54) is 43.4 Å². The summed E-state index contributed by atoms with van der Waals surface area (Å²) in [6, 6.07) is 14.6. The topological polar surface area (TPSA) is 52.1 Å². The Bertz CT molecular complexity index is 794. The van der Waals surface area contributed by atoms with Crippen LogP contribution in [0.3, 0.4) is 0 Å². The molecule has 164 valence electrons. The number of guanidine groups is 1. The summed E-state index contributed by atoms with van der Waals surface area (Å²) in [6.45, 7) is 8.41. The zero-order valence-electron chi connectivity index (χ0n) is 18.6. The van der Waals surface area contributed by atoms with Gasteiger partial charge in [0.25, 0.3) is 0 Å². The molecular formula is C24H37N5O. The zero-order valence-corrected chi connectivity index (χ0v) is 18.6. The molecule has 0 radical (unpaired) electrons. The maximum absolute atomic E-state index is 5.90. The molecular weight excluding hydrogens is 374 g/mol. The van der Waals surface area contributed by atoms with Gasteiger partial charge in [-0.25, -0.2) is 0 Å².